The number of amides is 2. The number of nitrogens with one attached hydrogen (secondary N) is 2. The van der Waals surface area contributed by atoms with Crippen LogP contribution in [0.4, 0.5) is 10.1 Å². The van der Waals surface area contributed by atoms with Crippen molar-refractivity contribution in [2.24, 2.45) is 29.4 Å². The number of rotatable bonds is 18. The molecule has 0 aliphatic heterocycles. The molecule has 2 aromatic carbocycles. The van der Waals surface area contributed by atoms with E-state index in [1.165, 1.54) is 12.1 Å². The zero-order chi connectivity index (χ0) is 31.2. The highest BCUT2D eigenvalue weighted by Crippen LogP contribution is 2.29. The van der Waals surface area contributed by atoms with Gasteiger partial charge in [0.1, 0.15) is 11.6 Å². The molecule has 0 aliphatic rings. The molecule has 2 rings (SSSR count). The van der Waals surface area contributed by atoms with Crippen LogP contribution >= 0.6 is 0 Å². The van der Waals surface area contributed by atoms with Crippen molar-refractivity contribution in [2.45, 2.75) is 79.0 Å². The maximum atomic E-state index is 13.2. The molecule has 8 nitrogen and oxygen atoms in total. The molecule has 0 aliphatic carbocycles. The highest BCUT2D eigenvalue weighted by molar-refractivity contribution is 5.92. The minimum absolute atomic E-state index is 0.0213. The lowest BCUT2D eigenvalue weighted by Gasteiger charge is -2.29. The summed E-state index contributed by atoms with van der Waals surface area (Å²) in [5.41, 5.74) is 8.87. The van der Waals surface area contributed by atoms with Crippen molar-refractivity contribution in [2.75, 3.05) is 25.6 Å². The summed E-state index contributed by atoms with van der Waals surface area (Å²) < 4.78 is 24.1. The summed E-state index contributed by atoms with van der Waals surface area (Å²) in [6.45, 7) is 11.2. The number of carbonyl (C=O) groups excluding carboxylic acids is 2. The van der Waals surface area contributed by atoms with Crippen LogP contribution in [-0.4, -0.2) is 49.4 Å². The maximum absolute atomic E-state index is 13.2. The van der Waals surface area contributed by atoms with E-state index in [9.17, 15) is 19.1 Å². The molecule has 0 bridgehead atoms. The summed E-state index contributed by atoms with van der Waals surface area (Å²) in [5, 5.41) is 16.9. The molecule has 0 heterocycles. The Morgan fingerprint density at radius 2 is 1.69 bits per heavy atom. The minimum atomic E-state index is -0.915. The number of benzene rings is 2. The van der Waals surface area contributed by atoms with Crippen molar-refractivity contribution < 1.29 is 28.6 Å². The molecule has 9 heteroatoms. The van der Waals surface area contributed by atoms with E-state index in [4.69, 9.17) is 15.2 Å². The van der Waals surface area contributed by atoms with Crippen LogP contribution in [0.2, 0.25) is 0 Å². The fourth-order valence-electron chi connectivity index (χ4n) is 4.83. The first-order valence-electron chi connectivity index (χ1n) is 14.9. The first-order valence-corrected chi connectivity index (χ1v) is 14.9. The Bertz CT molecular complexity index is 1110. The number of aliphatic hydroxyl groups excluding tert-OH is 1. The van der Waals surface area contributed by atoms with Crippen LogP contribution in [0.5, 0.6) is 5.75 Å². The first-order chi connectivity index (χ1) is 19.9. The summed E-state index contributed by atoms with van der Waals surface area (Å²) in [7, 11) is 1.64. The van der Waals surface area contributed by atoms with Crippen molar-refractivity contribution in [3.05, 3.63) is 59.4 Å². The average Bonchev–Trinajstić information content (AvgIpc) is 2.93. The predicted molar refractivity (Wildman–Crippen MR) is 165 cm³/mol. The van der Waals surface area contributed by atoms with Crippen molar-refractivity contribution in [1.82, 2.24) is 5.32 Å². The largest absolute Gasteiger partial charge is 0.491 e. The molecule has 0 fully saturated rings. The van der Waals surface area contributed by atoms with Crippen LogP contribution in [0.25, 0.3) is 0 Å². The molecule has 0 saturated carbocycles. The topological polar surface area (TPSA) is 123 Å². The van der Waals surface area contributed by atoms with Crippen molar-refractivity contribution >= 4 is 17.5 Å². The van der Waals surface area contributed by atoms with Gasteiger partial charge in [-0.3, -0.25) is 9.59 Å². The number of ether oxygens (including phenoxy) is 2. The second-order valence-corrected chi connectivity index (χ2v) is 11.8. The normalized spacial score (nSPS) is 14.4. The van der Waals surface area contributed by atoms with Gasteiger partial charge in [0, 0.05) is 45.1 Å². The van der Waals surface area contributed by atoms with Crippen molar-refractivity contribution in [3.8, 4) is 5.75 Å². The molecule has 0 aromatic heterocycles. The average molecular weight is 588 g/mol. The van der Waals surface area contributed by atoms with Gasteiger partial charge in [-0.05, 0) is 72.9 Å². The van der Waals surface area contributed by atoms with Crippen molar-refractivity contribution in [1.29, 1.82) is 0 Å². The number of anilines is 1. The van der Waals surface area contributed by atoms with E-state index in [1.54, 1.807) is 19.2 Å². The molecule has 2 amide bonds. The predicted octanol–water partition coefficient (Wildman–Crippen LogP) is 5.21. The molecule has 5 N–H and O–H groups in total. The Hall–Kier alpha value is -3.01. The number of aliphatic hydroxyl groups is 1. The van der Waals surface area contributed by atoms with Gasteiger partial charge in [0.2, 0.25) is 11.8 Å². The zero-order valence-corrected chi connectivity index (χ0v) is 26.0. The Balaban J connectivity index is 1.97. The van der Waals surface area contributed by atoms with E-state index in [-0.39, 0.29) is 54.8 Å². The molecule has 0 unspecified atom stereocenters. The minimum Gasteiger partial charge on any atom is -0.491 e. The first kappa shape index (κ1) is 35.2. The summed E-state index contributed by atoms with van der Waals surface area (Å²) >= 11 is 0. The fourth-order valence-corrected chi connectivity index (χ4v) is 4.83. The Kier molecular flexibility index (Phi) is 14.9. The van der Waals surface area contributed by atoms with Crippen LogP contribution in [0.15, 0.2) is 42.5 Å². The van der Waals surface area contributed by atoms with Crippen LogP contribution in [0.1, 0.15) is 64.5 Å². The third-order valence-electron chi connectivity index (χ3n) is 7.64. The highest BCUT2D eigenvalue weighted by Gasteiger charge is 2.30. The third kappa shape index (κ3) is 12.1. The van der Waals surface area contributed by atoms with Gasteiger partial charge in [-0.15, -0.1) is 0 Å². The molecule has 2 aromatic rings. The van der Waals surface area contributed by atoms with E-state index in [0.717, 1.165) is 17.5 Å². The number of methoxy groups -OCH3 is 1. The standard InChI is InChI=1S/C33H50FN3O5/c1-21(2)25(18-32(39)37-29-16-23(5)8-13-31(29)42-15-7-14-41-6)17-28(35)30(38)19-27(22(3)4)33(40)36-20-24-9-11-26(34)12-10-24/h8-13,16,21-22,25,27-28,30,38H,7,14-15,17-20,35H2,1-6H3,(H,36,40)(H,37,39)/t25-,27+,28+,30+/m1/s1. The molecule has 4 atom stereocenters. The lowest BCUT2D eigenvalue weighted by Crippen LogP contribution is -2.42. The van der Waals surface area contributed by atoms with Crippen LogP contribution in [-0.2, 0) is 20.9 Å². The molecule has 42 heavy (non-hydrogen) atoms. The quantitative estimate of drug-likeness (QED) is 0.178. The van der Waals surface area contributed by atoms with Gasteiger partial charge in [-0.1, -0.05) is 45.9 Å². The van der Waals surface area contributed by atoms with Gasteiger partial charge in [0.15, 0.2) is 0 Å². The summed E-state index contributed by atoms with van der Waals surface area (Å²) in [4.78, 5) is 26.1. The van der Waals surface area contributed by atoms with E-state index < -0.39 is 18.1 Å². The van der Waals surface area contributed by atoms with Crippen LogP contribution in [0, 0.1) is 36.4 Å². The van der Waals surface area contributed by atoms with Crippen LogP contribution in [0.3, 0.4) is 0 Å². The second kappa shape index (κ2) is 17.8. The summed E-state index contributed by atoms with van der Waals surface area (Å²) in [6, 6.07) is 11.0. The summed E-state index contributed by atoms with van der Waals surface area (Å²) in [6.07, 6.45) is 0.699. The number of aryl methyl sites for hydroxylation is 1. The number of carbonyl (C=O) groups is 2. The lowest BCUT2D eigenvalue weighted by molar-refractivity contribution is -0.127. The third-order valence-corrected chi connectivity index (χ3v) is 7.64. The van der Waals surface area contributed by atoms with Gasteiger partial charge in [0.25, 0.3) is 0 Å². The van der Waals surface area contributed by atoms with Gasteiger partial charge >= 0.3 is 0 Å². The fraction of sp³-hybridized carbons (Fsp3) is 0.576. The van der Waals surface area contributed by atoms with Gasteiger partial charge in [-0.2, -0.15) is 0 Å². The SMILES string of the molecule is COCCCOc1ccc(C)cc1NC(=O)C[C@@H](C[C@H](N)[C@@H](O)C[C@H](C(=O)NCc1ccc(F)cc1)C(C)C)C(C)C. The van der Waals surface area contributed by atoms with Crippen molar-refractivity contribution in [3.63, 3.8) is 0 Å². The number of nitrogens with two attached hydrogens (primary N) is 1. The smallest absolute Gasteiger partial charge is 0.224 e. The lowest BCUT2D eigenvalue weighted by atomic mass is 9.82. The monoisotopic (exact) mass is 587 g/mol. The van der Waals surface area contributed by atoms with E-state index in [2.05, 4.69) is 10.6 Å². The molecule has 0 radical (unpaired) electrons. The summed E-state index contributed by atoms with van der Waals surface area (Å²) in [5.74, 6) is -0.450. The Morgan fingerprint density at radius 3 is 2.31 bits per heavy atom. The zero-order valence-electron chi connectivity index (χ0n) is 26.0. The number of hydrogen-bond acceptors (Lipinski definition) is 6. The van der Waals surface area contributed by atoms with Gasteiger partial charge in [0.05, 0.1) is 18.4 Å². The molecule has 0 saturated heterocycles. The van der Waals surface area contributed by atoms with E-state index in [1.807, 2.05) is 52.8 Å². The Labute approximate surface area is 250 Å². The highest BCUT2D eigenvalue weighted by atomic mass is 19.1. The number of halogens is 1. The van der Waals surface area contributed by atoms with Gasteiger partial charge in [-0.25, -0.2) is 4.39 Å². The van der Waals surface area contributed by atoms with Gasteiger partial charge < -0.3 is 30.9 Å². The maximum Gasteiger partial charge on any atom is 0.224 e. The molecular formula is C33H50FN3O5. The molecule has 234 valence electrons. The molecular weight excluding hydrogens is 537 g/mol. The van der Waals surface area contributed by atoms with E-state index in [0.29, 0.717) is 31.1 Å². The second-order valence-electron chi connectivity index (χ2n) is 11.8. The van der Waals surface area contributed by atoms with E-state index >= 15 is 0 Å². The number of hydrogen-bond donors (Lipinski definition) is 4. The molecule has 0 spiro atoms. The van der Waals surface area contributed by atoms with Crippen LogP contribution < -0.4 is 21.1 Å². The Morgan fingerprint density at radius 1 is 1.00 bits per heavy atom.